The average molecular weight is 416 g/mol. The monoisotopic (exact) mass is 416 g/mol. The molecule has 2 aromatic carbocycles. The van der Waals surface area contributed by atoms with Crippen LogP contribution >= 0.6 is 0 Å². The highest BCUT2D eigenvalue weighted by atomic mass is 16.5. The van der Waals surface area contributed by atoms with Crippen molar-refractivity contribution in [1.29, 1.82) is 0 Å². The second-order valence-electron chi connectivity index (χ2n) is 7.16. The third kappa shape index (κ3) is 6.24. The number of unbranched alkanes of at least 4 members (excludes halogenated alkanes) is 1. The van der Waals surface area contributed by atoms with Crippen molar-refractivity contribution in [2.75, 3.05) is 6.54 Å². The minimum atomic E-state index is -1.82. The summed E-state index contributed by atoms with van der Waals surface area (Å²) in [6.07, 6.45) is -0.267. The number of aliphatic hydroxyl groups excluding tert-OH is 1. The van der Waals surface area contributed by atoms with Crippen molar-refractivity contribution in [3.8, 4) is 0 Å². The minimum absolute atomic E-state index is 0.0134. The highest BCUT2D eigenvalue weighted by Gasteiger charge is 2.34. The first-order valence-corrected chi connectivity index (χ1v) is 9.76. The van der Waals surface area contributed by atoms with Crippen molar-refractivity contribution in [3.63, 3.8) is 0 Å². The molecule has 2 rings (SSSR count). The fourth-order valence-corrected chi connectivity index (χ4v) is 3.27. The second kappa shape index (κ2) is 11.2. The summed E-state index contributed by atoms with van der Waals surface area (Å²) in [5.74, 6) is -3.79. The lowest BCUT2D eigenvalue weighted by molar-refractivity contribution is -0.146. The number of carbonyl (C=O) groups is 3. The molecule has 0 aliphatic carbocycles. The van der Waals surface area contributed by atoms with E-state index in [1.54, 1.807) is 6.07 Å². The minimum Gasteiger partial charge on any atom is -0.382 e. The van der Waals surface area contributed by atoms with Crippen LogP contribution in [0.5, 0.6) is 0 Å². The summed E-state index contributed by atoms with van der Waals surface area (Å²) in [4.78, 5) is 36.4. The van der Waals surface area contributed by atoms with Crippen molar-refractivity contribution >= 4 is 28.5 Å². The Morgan fingerprint density at radius 2 is 1.70 bits per heavy atom. The molecule has 0 radical (unpaired) electrons. The molecule has 3 atom stereocenters. The van der Waals surface area contributed by atoms with Crippen LogP contribution < -0.4 is 22.3 Å². The van der Waals surface area contributed by atoms with Crippen LogP contribution in [0.15, 0.2) is 42.5 Å². The maximum atomic E-state index is 12.9. The van der Waals surface area contributed by atoms with Crippen molar-refractivity contribution in [3.05, 3.63) is 48.0 Å². The van der Waals surface area contributed by atoms with Crippen LogP contribution in [-0.2, 0) is 20.8 Å². The number of carbonyl (C=O) groups excluding carboxylic acids is 3. The van der Waals surface area contributed by atoms with Gasteiger partial charge in [-0.25, -0.2) is 5.48 Å². The van der Waals surface area contributed by atoms with Crippen molar-refractivity contribution in [2.45, 2.75) is 37.8 Å². The predicted molar refractivity (Wildman–Crippen MR) is 111 cm³/mol. The largest absolute Gasteiger partial charge is 0.382 e. The number of amides is 3. The van der Waals surface area contributed by atoms with E-state index in [9.17, 15) is 19.5 Å². The molecule has 0 spiro atoms. The molecule has 9 nitrogen and oxygen atoms in total. The van der Waals surface area contributed by atoms with Gasteiger partial charge in [0.05, 0.1) is 5.92 Å². The number of fused-ring (bicyclic) bond motifs is 1. The molecule has 30 heavy (non-hydrogen) atoms. The zero-order valence-electron chi connectivity index (χ0n) is 16.6. The van der Waals surface area contributed by atoms with Gasteiger partial charge in [-0.1, -0.05) is 42.5 Å². The number of nitrogens with two attached hydrogens (primary N) is 2. The fourth-order valence-electron chi connectivity index (χ4n) is 3.27. The number of nitrogens with one attached hydrogen (secondary N) is 2. The number of benzene rings is 2. The van der Waals surface area contributed by atoms with Crippen LogP contribution in [0.2, 0.25) is 0 Å². The number of hydrogen-bond acceptors (Lipinski definition) is 6. The number of rotatable bonds is 11. The van der Waals surface area contributed by atoms with Gasteiger partial charge in [-0.3, -0.25) is 19.6 Å². The van der Waals surface area contributed by atoms with Crippen LogP contribution in [-0.4, -0.2) is 46.7 Å². The topological polar surface area (TPSA) is 168 Å². The lowest BCUT2D eigenvalue weighted by Gasteiger charge is -2.24. The Hall–Kier alpha value is -3.01. The lowest BCUT2D eigenvalue weighted by Crippen LogP contribution is -2.51. The molecule has 0 aliphatic heterocycles. The van der Waals surface area contributed by atoms with Gasteiger partial charge in [0.1, 0.15) is 12.1 Å². The number of aliphatic hydroxyl groups is 1. The lowest BCUT2D eigenvalue weighted by atomic mass is 9.91. The second-order valence-corrected chi connectivity index (χ2v) is 7.16. The molecule has 0 saturated carbocycles. The van der Waals surface area contributed by atoms with E-state index in [1.807, 2.05) is 36.4 Å². The van der Waals surface area contributed by atoms with Crippen LogP contribution in [0.25, 0.3) is 10.8 Å². The first kappa shape index (κ1) is 23.3. The summed E-state index contributed by atoms with van der Waals surface area (Å²) < 4.78 is 0. The van der Waals surface area contributed by atoms with Crippen LogP contribution in [0.3, 0.4) is 0 Å². The van der Waals surface area contributed by atoms with E-state index < -0.39 is 35.8 Å². The quantitative estimate of drug-likeness (QED) is 0.171. The van der Waals surface area contributed by atoms with Crippen molar-refractivity contribution in [1.82, 2.24) is 10.8 Å². The van der Waals surface area contributed by atoms with Crippen molar-refractivity contribution < 1.29 is 24.7 Å². The molecule has 0 saturated heterocycles. The zero-order valence-corrected chi connectivity index (χ0v) is 16.6. The Kier molecular flexibility index (Phi) is 8.72. The third-order valence-corrected chi connectivity index (χ3v) is 4.97. The molecule has 8 N–H and O–H groups in total. The van der Waals surface area contributed by atoms with E-state index >= 15 is 0 Å². The summed E-state index contributed by atoms with van der Waals surface area (Å²) in [6, 6.07) is 12.2. The highest BCUT2D eigenvalue weighted by Crippen LogP contribution is 2.20. The molecule has 0 aromatic heterocycles. The van der Waals surface area contributed by atoms with Gasteiger partial charge in [-0.15, -0.1) is 0 Å². The molecule has 162 valence electrons. The highest BCUT2D eigenvalue weighted by molar-refractivity contribution is 5.92. The van der Waals surface area contributed by atoms with Gasteiger partial charge in [-0.05, 0) is 48.6 Å². The van der Waals surface area contributed by atoms with Gasteiger partial charge in [0.15, 0.2) is 0 Å². The summed E-state index contributed by atoms with van der Waals surface area (Å²) in [5, 5.41) is 23.7. The zero-order chi connectivity index (χ0) is 22.1. The number of hydroxylamine groups is 1. The number of primary amides is 1. The summed E-state index contributed by atoms with van der Waals surface area (Å²) in [7, 11) is 0. The summed E-state index contributed by atoms with van der Waals surface area (Å²) in [5.41, 5.74) is 12.9. The Labute approximate surface area is 174 Å². The van der Waals surface area contributed by atoms with E-state index in [0.717, 1.165) is 10.8 Å². The maximum absolute atomic E-state index is 12.9. The Morgan fingerprint density at radius 3 is 2.33 bits per heavy atom. The molecule has 2 aromatic rings. The van der Waals surface area contributed by atoms with E-state index in [4.69, 9.17) is 16.7 Å². The van der Waals surface area contributed by atoms with E-state index in [1.165, 1.54) is 5.48 Å². The first-order chi connectivity index (χ1) is 14.4. The van der Waals surface area contributed by atoms with Gasteiger partial charge in [0, 0.05) is 0 Å². The summed E-state index contributed by atoms with van der Waals surface area (Å²) in [6.45, 7) is 0.444. The molecule has 0 bridgehead atoms. The molecule has 3 amide bonds. The van der Waals surface area contributed by atoms with Crippen LogP contribution in [0.4, 0.5) is 0 Å². The summed E-state index contributed by atoms with van der Waals surface area (Å²) >= 11 is 0. The Morgan fingerprint density at radius 1 is 1.00 bits per heavy atom. The van der Waals surface area contributed by atoms with Gasteiger partial charge >= 0.3 is 0 Å². The maximum Gasteiger partial charge on any atom is 0.272 e. The molecule has 0 unspecified atom stereocenters. The molecule has 9 heteroatoms. The van der Waals surface area contributed by atoms with Gasteiger partial charge in [-0.2, -0.15) is 0 Å². The SMILES string of the molecule is NCCCC[C@H](NC(=O)[C@H](Cc1ccc2ccccc2c1)[C@H](O)C(=O)NO)C(N)=O. The third-order valence-electron chi connectivity index (χ3n) is 4.97. The predicted octanol–water partition coefficient (Wildman–Crippen LogP) is -0.0361. The molecule has 0 fully saturated rings. The molecular formula is C21H28N4O5. The molecular weight excluding hydrogens is 388 g/mol. The average Bonchev–Trinajstić information content (AvgIpc) is 2.75. The van der Waals surface area contributed by atoms with Crippen LogP contribution in [0, 0.1) is 5.92 Å². The first-order valence-electron chi connectivity index (χ1n) is 9.76. The Bertz CT molecular complexity index is 889. The van der Waals surface area contributed by atoms with E-state index in [2.05, 4.69) is 5.32 Å². The fraction of sp³-hybridized carbons (Fsp3) is 0.381. The van der Waals surface area contributed by atoms with E-state index in [0.29, 0.717) is 31.4 Å². The van der Waals surface area contributed by atoms with Crippen molar-refractivity contribution in [2.24, 2.45) is 17.4 Å². The van der Waals surface area contributed by atoms with E-state index in [-0.39, 0.29) is 6.42 Å². The normalized spacial score (nSPS) is 14.0. The van der Waals surface area contributed by atoms with Gasteiger partial charge in [0.25, 0.3) is 5.91 Å². The molecule has 0 heterocycles. The number of hydrogen-bond donors (Lipinski definition) is 6. The van der Waals surface area contributed by atoms with Gasteiger partial charge < -0.3 is 21.9 Å². The Balaban J connectivity index is 2.23. The van der Waals surface area contributed by atoms with Crippen LogP contribution in [0.1, 0.15) is 24.8 Å². The smallest absolute Gasteiger partial charge is 0.272 e. The van der Waals surface area contributed by atoms with Gasteiger partial charge in [0.2, 0.25) is 11.8 Å². The standard InChI is InChI=1S/C21H28N4O5/c22-10-4-3-7-17(19(23)27)24-20(28)16(18(26)21(29)25-30)12-13-8-9-14-5-1-2-6-15(14)11-13/h1-2,5-6,8-9,11,16-18,26,30H,3-4,7,10,12,22H2,(H2,23,27)(H,24,28)(H,25,29)/t16-,17+,18+/m1/s1. The molecule has 0 aliphatic rings.